The van der Waals surface area contributed by atoms with E-state index in [1.807, 2.05) is 20.8 Å². The molecule has 0 radical (unpaired) electrons. The van der Waals surface area contributed by atoms with Crippen molar-refractivity contribution in [2.75, 3.05) is 13.1 Å². The number of ether oxygens (including phenoxy) is 1. The highest BCUT2D eigenvalue weighted by molar-refractivity contribution is 5.72. The molecule has 0 spiro atoms. The first-order valence-corrected chi connectivity index (χ1v) is 6.47. The Morgan fingerprint density at radius 3 is 2.44 bits per heavy atom. The molecule has 1 heterocycles. The molecule has 2 aliphatic rings. The Bertz CT molecular complexity index is 360. The maximum Gasteiger partial charge on any atom is 0.410 e. The van der Waals surface area contributed by atoms with Gasteiger partial charge in [0, 0.05) is 13.1 Å². The summed E-state index contributed by atoms with van der Waals surface area (Å²) >= 11 is 0. The zero-order valence-electron chi connectivity index (χ0n) is 11.2. The lowest BCUT2D eigenvalue weighted by Crippen LogP contribution is -2.44. The van der Waals surface area contributed by atoms with Crippen LogP contribution < -0.4 is 0 Å². The third-order valence-corrected chi connectivity index (χ3v) is 3.69. The van der Waals surface area contributed by atoms with Crippen LogP contribution in [-0.4, -0.2) is 40.8 Å². The minimum absolute atomic E-state index is 0.0915. The number of hydrogen-bond acceptors (Lipinski definition) is 3. The summed E-state index contributed by atoms with van der Waals surface area (Å²) in [5.41, 5.74) is -0.500. The number of nitrogens with zero attached hydrogens (tertiary/aromatic N) is 1. The molecule has 2 fully saturated rings. The largest absolute Gasteiger partial charge is 0.481 e. The minimum Gasteiger partial charge on any atom is -0.481 e. The molecule has 1 aliphatic carbocycles. The lowest BCUT2D eigenvalue weighted by Gasteiger charge is -2.33. The number of aliphatic carboxylic acids is 1. The number of hydrogen-bond donors (Lipinski definition) is 1. The molecular formula is C13H21NO4. The van der Waals surface area contributed by atoms with Crippen molar-refractivity contribution in [3.05, 3.63) is 0 Å². The number of carbonyl (C=O) groups is 2. The summed E-state index contributed by atoms with van der Waals surface area (Å²) < 4.78 is 5.34. The topological polar surface area (TPSA) is 66.8 Å². The first-order valence-electron chi connectivity index (χ1n) is 6.47. The number of fused-ring (bicyclic) bond motifs is 2. The molecule has 1 aliphatic heterocycles. The number of piperidine rings is 1. The van der Waals surface area contributed by atoms with E-state index in [2.05, 4.69) is 0 Å². The van der Waals surface area contributed by atoms with Crippen molar-refractivity contribution in [1.29, 1.82) is 0 Å². The number of carboxylic acids is 1. The van der Waals surface area contributed by atoms with E-state index in [0.717, 1.165) is 6.42 Å². The van der Waals surface area contributed by atoms with Gasteiger partial charge in [-0.3, -0.25) is 4.79 Å². The van der Waals surface area contributed by atoms with Gasteiger partial charge in [0.25, 0.3) is 0 Å². The number of carbonyl (C=O) groups excluding carboxylic acids is 1. The van der Waals surface area contributed by atoms with E-state index in [0.29, 0.717) is 25.4 Å². The van der Waals surface area contributed by atoms with Crippen molar-refractivity contribution in [1.82, 2.24) is 4.90 Å². The number of rotatable bonds is 1. The van der Waals surface area contributed by atoms with Gasteiger partial charge in [0.2, 0.25) is 0 Å². The van der Waals surface area contributed by atoms with Crippen molar-refractivity contribution >= 4 is 12.1 Å². The van der Waals surface area contributed by atoms with Crippen LogP contribution in [-0.2, 0) is 9.53 Å². The van der Waals surface area contributed by atoms with Gasteiger partial charge in [-0.25, -0.2) is 4.79 Å². The summed E-state index contributed by atoms with van der Waals surface area (Å²) in [6, 6.07) is 0. The van der Waals surface area contributed by atoms with Gasteiger partial charge < -0.3 is 14.7 Å². The summed E-state index contributed by atoms with van der Waals surface area (Å²) in [4.78, 5) is 24.8. The Morgan fingerprint density at radius 2 is 1.89 bits per heavy atom. The molecule has 102 valence electrons. The Balaban J connectivity index is 1.99. The van der Waals surface area contributed by atoms with Gasteiger partial charge in [0.15, 0.2) is 0 Å². The van der Waals surface area contributed by atoms with E-state index >= 15 is 0 Å². The van der Waals surface area contributed by atoms with Gasteiger partial charge in [0.1, 0.15) is 5.60 Å². The van der Waals surface area contributed by atoms with E-state index in [1.54, 1.807) is 4.90 Å². The fraction of sp³-hybridized carbons (Fsp3) is 0.846. The average molecular weight is 255 g/mol. The summed E-state index contributed by atoms with van der Waals surface area (Å²) in [6.07, 6.45) is 1.30. The summed E-state index contributed by atoms with van der Waals surface area (Å²) in [7, 11) is 0. The maximum atomic E-state index is 12.0. The van der Waals surface area contributed by atoms with Gasteiger partial charge in [-0.15, -0.1) is 0 Å². The van der Waals surface area contributed by atoms with Crippen LogP contribution >= 0.6 is 0 Å². The zero-order valence-corrected chi connectivity index (χ0v) is 11.2. The first-order chi connectivity index (χ1) is 8.26. The highest BCUT2D eigenvalue weighted by Gasteiger charge is 2.45. The SMILES string of the molecule is CC(C)(C)OC(=O)N1C[C@H]2C[C@@H](C1)[C@H](C(=O)O)C2. The molecule has 2 bridgehead atoms. The zero-order chi connectivity index (χ0) is 13.5. The average Bonchev–Trinajstić information content (AvgIpc) is 2.51. The second-order valence-corrected chi connectivity index (χ2v) is 6.43. The third-order valence-electron chi connectivity index (χ3n) is 3.69. The van der Waals surface area contributed by atoms with Crippen LogP contribution in [0.3, 0.4) is 0 Å². The van der Waals surface area contributed by atoms with Gasteiger partial charge in [0.05, 0.1) is 5.92 Å². The molecule has 2 rings (SSSR count). The molecule has 1 amide bonds. The summed E-state index contributed by atoms with van der Waals surface area (Å²) in [6.45, 7) is 6.66. The smallest absolute Gasteiger partial charge is 0.410 e. The number of amides is 1. The predicted molar refractivity (Wildman–Crippen MR) is 65.1 cm³/mol. The monoisotopic (exact) mass is 255 g/mol. The van der Waals surface area contributed by atoms with Crippen molar-refractivity contribution in [2.45, 2.75) is 39.2 Å². The Labute approximate surface area is 107 Å². The molecule has 1 saturated heterocycles. The van der Waals surface area contributed by atoms with Gasteiger partial charge in [-0.2, -0.15) is 0 Å². The van der Waals surface area contributed by atoms with Gasteiger partial charge in [-0.05, 0) is 45.4 Å². The Hall–Kier alpha value is -1.26. The Morgan fingerprint density at radius 1 is 1.22 bits per heavy atom. The summed E-state index contributed by atoms with van der Waals surface area (Å²) in [5.74, 6) is -0.609. The molecule has 5 nitrogen and oxygen atoms in total. The normalized spacial score (nSPS) is 31.3. The number of carboxylic acid groups (broad SMARTS) is 1. The van der Waals surface area contributed by atoms with Crippen LogP contribution in [0, 0.1) is 17.8 Å². The summed E-state index contributed by atoms with van der Waals surface area (Å²) in [5, 5.41) is 9.14. The lowest BCUT2D eigenvalue weighted by atomic mass is 9.95. The van der Waals surface area contributed by atoms with Crippen LogP contribution in [0.5, 0.6) is 0 Å². The predicted octanol–water partition coefficient (Wildman–Crippen LogP) is 1.96. The van der Waals surface area contributed by atoms with E-state index in [-0.39, 0.29) is 17.9 Å². The second-order valence-electron chi connectivity index (χ2n) is 6.43. The molecule has 3 atom stereocenters. The molecule has 18 heavy (non-hydrogen) atoms. The van der Waals surface area contributed by atoms with Crippen molar-refractivity contribution < 1.29 is 19.4 Å². The van der Waals surface area contributed by atoms with E-state index in [4.69, 9.17) is 9.84 Å². The van der Waals surface area contributed by atoms with Gasteiger partial charge in [-0.1, -0.05) is 0 Å². The van der Waals surface area contributed by atoms with Crippen LogP contribution in [0.4, 0.5) is 4.79 Å². The minimum atomic E-state index is -0.728. The van der Waals surface area contributed by atoms with Gasteiger partial charge >= 0.3 is 12.1 Å². The lowest BCUT2D eigenvalue weighted by molar-refractivity contribution is -0.143. The fourth-order valence-corrected chi connectivity index (χ4v) is 3.04. The molecule has 0 aromatic heterocycles. The first kappa shape index (κ1) is 13.2. The second kappa shape index (κ2) is 4.44. The van der Waals surface area contributed by atoms with Crippen LogP contribution in [0.2, 0.25) is 0 Å². The van der Waals surface area contributed by atoms with Crippen LogP contribution in [0.15, 0.2) is 0 Å². The van der Waals surface area contributed by atoms with Crippen molar-refractivity contribution in [3.8, 4) is 0 Å². The van der Waals surface area contributed by atoms with Crippen LogP contribution in [0.25, 0.3) is 0 Å². The highest BCUT2D eigenvalue weighted by Crippen LogP contribution is 2.41. The standard InChI is InChI=1S/C13H21NO4/c1-13(2,3)18-12(17)14-6-8-4-9(7-14)10(5-8)11(15)16/h8-10H,4-7H2,1-3H3,(H,15,16)/t8-,9-,10+/m0/s1. The van der Waals surface area contributed by atoms with Crippen molar-refractivity contribution in [2.24, 2.45) is 17.8 Å². The molecule has 1 N–H and O–H groups in total. The molecule has 5 heteroatoms. The molecule has 1 saturated carbocycles. The maximum absolute atomic E-state index is 12.0. The molecule has 0 aromatic rings. The Kier molecular flexibility index (Phi) is 3.25. The van der Waals surface area contributed by atoms with E-state index in [9.17, 15) is 9.59 Å². The quantitative estimate of drug-likeness (QED) is 0.777. The highest BCUT2D eigenvalue weighted by atomic mass is 16.6. The molecule has 0 aromatic carbocycles. The van der Waals surface area contributed by atoms with E-state index < -0.39 is 11.6 Å². The third kappa shape index (κ3) is 2.76. The van der Waals surface area contributed by atoms with Crippen molar-refractivity contribution in [3.63, 3.8) is 0 Å². The fourth-order valence-electron chi connectivity index (χ4n) is 3.04. The van der Waals surface area contributed by atoms with Crippen LogP contribution in [0.1, 0.15) is 33.6 Å². The molecule has 0 unspecified atom stereocenters. The van der Waals surface area contributed by atoms with E-state index in [1.165, 1.54) is 0 Å². The molecular weight excluding hydrogens is 234 g/mol. The number of likely N-dealkylation sites (tertiary alicyclic amines) is 1.